The van der Waals surface area contributed by atoms with E-state index in [1.54, 1.807) is 0 Å². The Bertz CT molecular complexity index is 218. The van der Waals surface area contributed by atoms with Gasteiger partial charge in [0.05, 0.1) is 0 Å². The van der Waals surface area contributed by atoms with E-state index in [0.717, 1.165) is 5.25 Å². The van der Waals surface area contributed by atoms with Crippen LogP contribution in [0.25, 0.3) is 0 Å². The topological polar surface area (TPSA) is 0 Å². The summed E-state index contributed by atoms with van der Waals surface area (Å²) in [6.45, 7) is 4.51. The molecule has 1 aromatic carbocycles. The molecule has 0 heterocycles. The molecule has 0 aliphatic heterocycles. The van der Waals surface area contributed by atoms with Gasteiger partial charge in [-0.15, -0.1) is 11.8 Å². The Morgan fingerprint density at radius 1 is 1.38 bits per heavy atom. The molecule has 0 spiro atoms. The summed E-state index contributed by atoms with van der Waals surface area (Å²) < 4.78 is 0. The minimum atomic E-state index is 0.767. The molecule has 0 aromatic heterocycles. The molecule has 0 aliphatic rings. The zero-order valence-corrected chi connectivity index (χ0v) is 9.23. The Morgan fingerprint density at radius 3 is 2.77 bits per heavy atom. The van der Waals surface area contributed by atoms with Crippen LogP contribution in [0, 0.1) is 6.07 Å². The van der Waals surface area contributed by atoms with Crippen molar-refractivity contribution in [1.29, 1.82) is 0 Å². The van der Waals surface area contributed by atoms with E-state index in [4.69, 9.17) is 0 Å². The van der Waals surface area contributed by atoms with Crippen molar-refractivity contribution in [3.63, 3.8) is 0 Å². The molecule has 13 heavy (non-hydrogen) atoms. The van der Waals surface area contributed by atoms with Crippen molar-refractivity contribution in [1.82, 2.24) is 0 Å². The van der Waals surface area contributed by atoms with E-state index in [9.17, 15) is 0 Å². The second-order valence-corrected chi connectivity index (χ2v) is 4.51. The maximum Gasteiger partial charge on any atom is 0.0154 e. The van der Waals surface area contributed by atoms with Crippen LogP contribution in [0.15, 0.2) is 29.2 Å². The summed E-state index contributed by atoms with van der Waals surface area (Å²) in [4.78, 5) is 1.28. The number of rotatable bonds is 5. The molecule has 1 rings (SSSR count). The third kappa shape index (κ3) is 3.86. The van der Waals surface area contributed by atoms with Crippen LogP contribution in [0.5, 0.6) is 0 Å². The lowest BCUT2D eigenvalue weighted by molar-refractivity contribution is 0.719. The molecule has 0 aliphatic carbocycles. The first-order chi connectivity index (χ1) is 6.36. The molecular weight excluding hydrogens is 176 g/mol. The Hall–Kier alpha value is -0.430. The zero-order chi connectivity index (χ0) is 9.52. The van der Waals surface area contributed by atoms with Crippen molar-refractivity contribution < 1.29 is 0 Å². The molecule has 0 fully saturated rings. The van der Waals surface area contributed by atoms with Crippen LogP contribution >= 0.6 is 11.8 Å². The fourth-order valence-corrected chi connectivity index (χ4v) is 2.47. The largest absolute Gasteiger partial charge is 0.122 e. The van der Waals surface area contributed by atoms with Crippen molar-refractivity contribution in [3.8, 4) is 0 Å². The highest BCUT2D eigenvalue weighted by molar-refractivity contribution is 8.00. The van der Waals surface area contributed by atoms with Gasteiger partial charge < -0.3 is 0 Å². The van der Waals surface area contributed by atoms with Crippen LogP contribution < -0.4 is 0 Å². The molecule has 0 saturated carbocycles. The molecule has 1 atom stereocenters. The van der Waals surface area contributed by atoms with Gasteiger partial charge in [0.1, 0.15) is 0 Å². The molecule has 0 N–H and O–H groups in total. The van der Waals surface area contributed by atoms with Crippen LogP contribution in [0.1, 0.15) is 33.1 Å². The van der Waals surface area contributed by atoms with Gasteiger partial charge in [0.25, 0.3) is 0 Å². The smallest absolute Gasteiger partial charge is 0.0154 e. The van der Waals surface area contributed by atoms with Crippen LogP contribution in [-0.4, -0.2) is 5.25 Å². The third-order valence-electron chi connectivity index (χ3n) is 2.04. The van der Waals surface area contributed by atoms with Crippen LogP contribution in [0.4, 0.5) is 0 Å². The van der Waals surface area contributed by atoms with E-state index >= 15 is 0 Å². The summed E-state index contributed by atoms with van der Waals surface area (Å²) in [5, 5.41) is 0.767. The van der Waals surface area contributed by atoms with E-state index in [0.29, 0.717) is 0 Å². The summed E-state index contributed by atoms with van der Waals surface area (Å²) in [6, 6.07) is 11.5. The molecule has 0 amide bonds. The summed E-state index contributed by atoms with van der Waals surface area (Å²) in [5.74, 6) is 0. The molecule has 1 heteroatoms. The predicted octanol–water partition coefficient (Wildman–Crippen LogP) is 4.16. The molecule has 0 saturated heterocycles. The van der Waals surface area contributed by atoms with Gasteiger partial charge in [0, 0.05) is 10.1 Å². The van der Waals surface area contributed by atoms with Crippen molar-refractivity contribution >= 4 is 11.8 Å². The fourth-order valence-electron chi connectivity index (χ4n) is 1.30. The van der Waals surface area contributed by atoms with E-state index in [1.807, 2.05) is 23.9 Å². The fraction of sp³-hybridized carbons (Fsp3) is 0.500. The molecule has 1 unspecified atom stereocenters. The summed E-state index contributed by atoms with van der Waals surface area (Å²) in [7, 11) is 0. The van der Waals surface area contributed by atoms with Crippen LogP contribution in [-0.2, 0) is 0 Å². The lowest BCUT2D eigenvalue weighted by Crippen LogP contribution is -1.98. The van der Waals surface area contributed by atoms with Gasteiger partial charge in [0.2, 0.25) is 0 Å². The normalized spacial score (nSPS) is 12.8. The van der Waals surface area contributed by atoms with Crippen molar-refractivity contribution in [3.05, 3.63) is 30.3 Å². The van der Waals surface area contributed by atoms with Crippen LogP contribution in [0.3, 0.4) is 0 Å². The molecule has 1 radical (unpaired) electrons. The minimum absolute atomic E-state index is 0.767. The van der Waals surface area contributed by atoms with E-state index < -0.39 is 0 Å². The molecule has 0 bridgehead atoms. The number of hydrogen-bond acceptors (Lipinski definition) is 1. The van der Waals surface area contributed by atoms with Gasteiger partial charge in [-0.25, -0.2) is 0 Å². The first kappa shape index (κ1) is 10.6. The maximum absolute atomic E-state index is 3.25. The zero-order valence-electron chi connectivity index (χ0n) is 8.42. The standard InChI is InChI=1S/C12H17S/c1-3-8-11(4-2)13-12-9-6-5-7-10-12/h5-7,9,11H,3-4,8H2,1-2H3. The Morgan fingerprint density at radius 2 is 2.23 bits per heavy atom. The Labute approximate surface area is 85.7 Å². The molecule has 71 valence electrons. The molecule has 1 aromatic rings. The van der Waals surface area contributed by atoms with E-state index in [1.165, 1.54) is 24.2 Å². The second kappa shape index (κ2) is 6.09. The number of hydrogen-bond donors (Lipinski definition) is 0. The van der Waals surface area contributed by atoms with Gasteiger partial charge in [-0.1, -0.05) is 38.5 Å². The van der Waals surface area contributed by atoms with Crippen LogP contribution in [0.2, 0.25) is 0 Å². The summed E-state index contributed by atoms with van der Waals surface area (Å²) in [5.41, 5.74) is 0. The lowest BCUT2D eigenvalue weighted by atomic mass is 10.2. The summed E-state index contributed by atoms with van der Waals surface area (Å²) >= 11 is 1.96. The van der Waals surface area contributed by atoms with Gasteiger partial charge >= 0.3 is 0 Å². The SMILES string of the molecule is CCCC(CC)Sc1[c]cccc1. The monoisotopic (exact) mass is 193 g/mol. The molecule has 0 nitrogen and oxygen atoms in total. The van der Waals surface area contributed by atoms with E-state index in [-0.39, 0.29) is 0 Å². The third-order valence-corrected chi connectivity index (χ3v) is 3.45. The summed E-state index contributed by atoms with van der Waals surface area (Å²) in [6.07, 6.45) is 3.84. The first-order valence-corrected chi connectivity index (χ1v) is 5.88. The molecular formula is C12H17S. The Balaban J connectivity index is 2.46. The van der Waals surface area contributed by atoms with Gasteiger partial charge in [-0.05, 0) is 25.0 Å². The highest BCUT2D eigenvalue weighted by Crippen LogP contribution is 2.27. The van der Waals surface area contributed by atoms with Gasteiger partial charge in [0.15, 0.2) is 0 Å². The number of thioether (sulfide) groups is 1. The first-order valence-electron chi connectivity index (χ1n) is 5.00. The lowest BCUT2D eigenvalue weighted by Gasteiger charge is -2.12. The minimum Gasteiger partial charge on any atom is -0.122 e. The second-order valence-electron chi connectivity index (χ2n) is 3.16. The average molecular weight is 193 g/mol. The predicted molar refractivity (Wildman–Crippen MR) is 60.1 cm³/mol. The van der Waals surface area contributed by atoms with Crippen molar-refractivity contribution in [2.75, 3.05) is 0 Å². The van der Waals surface area contributed by atoms with Crippen molar-refractivity contribution in [2.45, 2.75) is 43.3 Å². The van der Waals surface area contributed by atoms with Gasteiger partial charge in [-0.2, -0.15) is 0 Å². The maximum atomic E-state index is 3.25. The Kier molecular flexibility index (Phi) is 4.99. The highest BCUT2D eigenvalue weighted by atomic mass is 32.2. The number of benzene rings is 1. The quantitative estimate of drug-likeness (QED) is 0.633. The highest BCUT2D eigenvalue weighted by Gasteiger charge is 2.05. The van der Waals surface area contributed by atoms with Gasteiger partial charge in [-0.3, -0.25) is 0 Å². The van der Waals surface area contributed by atoms with E-state index in [2.05, 4.69) is 32.0 Å². The van der Waals surface area contributed by atoms with Crippen molar-refractivity contribution in [2.24, 2.45) is 0 Å². The average Bonchev–Trinajstić information content (AvgIpc) is 2.19.